The van der Waals surface area contributed by atoms with Crippen LogP contribution in [-0.4, -0.2) is 67.9 Å². The molecule has 0 unspecified atom stereocenters. The van der Waals surface area contributed by atoms with Gasteiger partial charge in [-0.05, 0) is 51.8 Å². The molecule has 36 heavy (non-hydrogen) atoms. The monoisotopic (exact) mass is 499 g/mol. The lowest BCUT2D eigenvalue weighted by Crippen LogP contribution is -2.51. The van der Waals surface area contributed by atoms with E-state index in [2.05, 4.69) is 26.1 Å². The molecular weight excluding hydrogens is 454 g/mol. The number of carbonyl (C=O) groups excluding carboxylic acids is 1. The molecule has 1 atom stereocenters. The standard InChI is InChI=1S/C29H45N3O4/c1-5-6-7-8-9-18-35-26-15-10-14-24-27(36-19-12-17-34-4)20-25(31-28(24)26)29(33)32(22(2)3)23-13-11-16-30-21-23/h10,14-15,20,22-23,30H,5-9,11-13,16-19,21H2,1-4H3/t23-/m1/s1. The summed E-state index contributed by atoms with van der Waals surface area (Å²) in [4.78, 5) is 20.7. The number of fused-ring (bicyclic) bond motifs is 1. The predicted molar refractivity (Wildman–Crippen MR) is 145 cm³/mol. The number of piperidine rings is 1. The van der Waals surface area contributed by atoms with E-state index >= 15 is 0 Å². The molecule has 1 amide bonds. The molecule has 0 radical (unpaired) electrons. The van der Waals surface area contributed by atoms with E-state index in [-0.39, 0.29) is 18.0 Å². The van der Waals surface area contributed by atoms with E-state index in [1.807, 2.05) is 23.1 Å². The minimum Gasteiger partial charge on any atom is -0.493 e. The number of nitrogens with zero attached hydrogens (tertiary/aromatic N) is 2. The smallest absolute Gasteiger partial charge is 0.273 e. The van der Waals surface area contributed by atoms with Crippen LogP contribution in [0, 0.1) is 0 Å². The predicted octanol–water partition coefficient (Wildman–Crippen LogP) is 5.60. The van der Waals surface area contributed by atoms with Gasteiger partial charge in [0.2, 0.25) is 0 Å². The van der Waals surface area contributed by atoms with Gasteiger partial charge in [0.05, 0.1) is 13.2 Å². The summed E-state index contributed by atoms with van der Waals surface area (Å²) in [6.07, 6.45) is 8.70. The van der Waals surface area contributed by atoms with Crippen LogP contribution in [0.4, 0.5) is 0 Å². The van der Waals surface area contributed by atoms with E-state index in [1.54, 1.807) is 13.2 Å². The molecule has 0 saturated carbocycles. The maximum atomic E-state index is 13.8. The lowest BCUT2D eigenvalue weighted by Gasteiger charge is -2.37. The third kappa shape index (κ3) is 7.81. The van der Waals surface area contributed by atoms with E-state index in [4.69, 9.17) is 19.2 Å². The van der Waals surface area contributed by atoms with Crippen molar-refractivity contribution in [2.45, 2.75) is 84.2 Å². The number of amides is 1. The van der Waals surface area contributed by atoms with Gasteiger partial charge < -0.3 is 24.4 Å². The fourth-order valence-electron chi connectivity index (χ4n) is 4.83. The fourth-order valence-corrected chi connectivity index (χ4v) is 4.83. The minimum atomic E-state index is -0.0586. The second-order valence-electron chi connectivity index (χ2n) is 9.92. The molecule has 1 aromatic carbocycles. The van der Waals surface area contributed by atoms with Gasteiger partial charge in [0.25, 0.3) is 5.91 Å². The maximum absolute atomic E-state index is 13.8. The molecule has 0 bridgehead atoms. The van der Waals surface area contributed by atoms with Crippen molar-refractivity contribution in [3.63, 3.8) is 0 Å². The Bertz CT molecular complexity index is 944. The molecule has 1 aromatic heterocycles. The second kappa shape index (κ2) is 15.0. The third-order valence-electron chi connectivity index (χ3n) is 6.69. The van der Waals surface area contributed by atoms with Gasteiger partial charge in [-0.2, -0.15) is 0 Å². The minimum absolute atomic E-state index is 0.0586. The zero-order valence-electron chi connectivity index (χ0n) is 22.7. The molecule has 3 rings (SSSR count). The van der Waals surface area contributed by atoms with Crippen molar-refractivity contribution in [3.8, 4) is 11.5 Å². The number of ether oxygens (including phenoxy) is 3. The average molecular weight is 500 g/mol. The molecule has 1 aliphatic rings. The highest BCUT2D eigenvalue weighted by Crippen LogP contribution is 2.33. The highest BCUT2D eigenvalue weighted by atomic mass is 16.5. The lowest BCUT2D eigenvalue weighted by molar-refractivity contribution is 0.0567. The maximum Gasteiger partial charge on any atom is 0.273 e. The van der Waals surface area contributed by atoms with Crippen LogP contribution < -0.4 is 14.8 Å². The number of hydrogen-bond acceptors (Lipinski definition) is 6. The number of hydrogen-bond donors (Lipinski definition) is 1. The Morgan fingerprint density at radius 2 is 1.86 bits per heavy atom. The number of carbonyl (C=O) groups is 1. The first kappa shape index (κ1) is 28.2. The first-order valence-corrected chi connectivity index (χ1v) is 13.8. The topological polar surface area (TPSA) is 72.9 Å². The number of benzene rings is 1. The SMILES string of the molecule is CCCCCCCOc1cccc2c(OCCCOC)cc(C(=O)N(C(C)C)[C@@H]3CCCNC3)nc12. The molecule has 7 nitrogen and oxygen atoms in total. The summed E-state index contributed by atoms with van der Waals surface area (Å²) in [6, 6.07) is 7.92. The number of methoxy groups -OCH3 is 1. The molecule has 1 fully saturated rings. The molecule has 7 heteroatoms. The van der Waals surface area contributed by atoms with Crippen LogP contribution in [0.15, 0.2) is 24.3 Å². The first-order chi connectivity index (χ1) is 17.6. The summed E-state index contributed by atoms with van der Waals surface area (Å²) in [5, 5.41) is 4.30. The molecule has 2 heterocycles. The highest BCUT2D eigenvalue weighted by molar-refractivity contribution is 5.98. The van der Waals surface area contributed by atoms with E-state index in [9.17, 15) is 4.79 Å². The zero-order chi connectivity index (χ0) is 25.8. The normalized spacial score (nSPS) is 15.9. The summed E-state index contributed by atoms with van der Waals surface area (Å²) in [6.45, 7) is 9.94. The molecule has 0 aliphatic carbocycles. The van der Waals surface area contributed by atoms with E-state index < -0.39 is 0 Å². The van der Waals surface area contributed by atoms with Crippen LogP contribution in [0.5, 0.6) is 11.5 Å². The number of pyridine rings is 1. The van der Waals surface area contributed by atoms with Crippen LogP contribution >= 0.6 is 0 Å². The van der Waals surface area contributed by atoms with Crippen molar-refractivity contribution >= 4 is 16.8 Å². The van der Waals surface area contributed by atoms with E-state index in [0.29, 0.717) is 42.5 Å². The molecule has 0 spiro atoms. The highest BCUT2D eigenvalue weighted by Gasteiger charge is 2.30. The summed E-state index contributed by atoms with van der Waals surface area (Å²) >= 11 is 0. The summed E-state index contributed by atoms with van der Waals surface area (Å²) < 4.78 is 17.5. The number of aromatic nitrogens is 1. The van der Waals surface area contributed by atoms with Gasteiger partial charge in [0.15, 0.2) is 0 Å². The van der Waals surface area contributed by atoms with Crippen molar-refractivity contribution in [2.75, 3.05) is 40.0 Å². The quantitative estimate of drug-likeness (QED) is 0.322. The third-order valence-corrected chi connectivity index (χ3v) is 6.69. The van der Waals surface area contributed by atoms with Gasteiger partial charge in [-0.25, -0.2) is 4.98 Å². The Kier molecular flexibility index (Phi) is 11.8. The fraction of sp³-hybridized carbons (Fsp3) is 0.655. The van der Waals surface area contributed by atoms with Crippen LogP contribution in [0.2, 0.25) is 0 Å². The van der Waals surface area contributed by atoms with Crippen LogP contribution in [-0.2, 0) is 4.74 Å². The number of rotatable bonds is 15. The van der Waals surface area contributed by atoms with E-state index in [0.717, 1.165) is 50.6 Å². The molecule has 1 N–H and O–H groups in total. The average Bonchev–Trinajstić information content (AvgIpc) is 2.89. The van der Waals surface area contributed by atoms with Gasteiger partial charge in [-0.1, -0.05) is 38.7 Å². The number of unbranched alkanes of at least 4 members (excludes halogenated alkanes) is 4. The van der Waals surface area contributed by atoms with Crippen molar-refractivity contribution in [2.24, 2.45) is 0 Å². The van der Waals surface area contributed by atoms with Crippen molar-refractivity contribution in [1.82, 2.24) is 15.2 Å². The van der Waals surface area contributed by atoms with Gasteiger partial charge in [-0.15, -0.1) is 0 Å². The Morgan fingerprint density at radius 1 is 1.08 bits per heavy atom. The molecule has 1 aliphatic heterocycles. The van der Waals surface area contributed by atoms with Gasteiger partial charge >= 0.3 is 0 Å². The van der Waals surface area contributed by atoms with Gasteiger partial charge in [0, 0.05) is 50.2 Å². The van der Waals surface area contributed by atoms with Gasteiger partial charge in [-0.3, -0.25) is 4.79 Å². The van der Waals surface area contributed by atoms with Crippen LogP contribution in [0.25, 0.3) is 10.9 Å². The van der Waals surface area contributed by atoms with Crippen LogP contribution in [0.1, 0.15) is 82.6 Å². The molecule has 2 aromatic rings. The Balaban J connectivity index is 1.90. The zero-order valence-corrected chi connectivity index (χ0v) is 22.7. The second-order valence-corrected chi connectivity index (χ2v) is 9.92. The summed E-state index contributed by atoms with van der Waals surface area (Å²) in [5.41, 5.74) is 1.09. The Morgan fingerprint density at radius 3 is 2.58 bits per heavy atom. The summed E-state index contributed by atoms with van der Waals surface area (Å²) in [7, 11) is 1.69. The summed E-state index contributed by atoms with van der Waals surface area (Å²) in [5.74, 6) is 1.31. The van der Waals surface area contributed by atoms with Gasteiger partial charge in [0.1, 0.15) is 22.7 Å². The Labute approximate surface area is 216 Å². The number of nitrogens with one attached hydrogen (secondary N) is 1. The first-order valence-electron chi connectivity index (χ1n) is 13.8. The lowest BCUT2D eigenvalue weighted by atomic mass is 10.0. The van der Waals surface area contributed by atoms with Crippen molar-refractivity contribution in [1.29, 1.82) is 0 Å². The number of para-hydroxylation sites is 1. The van der Waals surface area contributed by atoms with Crippen molar-refractivity contribution < 1.29 is 19.0 Å². The van der Waals surface area contributed by atoms with Crippen molar-refractivity contribution in [3.05, 3.63) is 30.0 Å². The molecular formula is C29H45N3O4. The molecule has 200 valence electrons. The van der Waals surface area contributed by atoms with Crippen LogP contribution in [0.3, 0.4) is 0 Å². The largest absolute Gasteiger partial charge is 0.493 e. The molecule has 1 saturated heterocycles. The Hall–Kier alpha value is -2.38. The van der Waals surface area contributed by atoms with E-state index in [1.165, 1.54) is 19.3 Å².